The van der Waals surface area contributed by atoms with Crippen molar-refractivity contribution in [2.45, 2.75) is 6.61 Å². The SMILES string of the molecule is NOCc1csc(-c2cccc(Cl)c2)n1. The summed E-state index contributed by atoms with van der Waals surface area (Å²) in [5.74, 6) is 4.98. The molecule has 1 heterocycles. The van der Waals surface area contributed by atoms with E-state index in [0.29, 0.717) is 11.6 Å². The molecule has 0 spiro atoms. The maximum atomic E-state index is 5.89. The minimum absolute atomic E-state index is 0.330. The zero-order valence-electron chi connectivity index (χ0n) is 7.81. The molecule has 0 atom stereocenters. The largest absolute Gasteiger partial charge is 0.298 e. The van der Waals surface area contributed by atoms with Gasteiger partial charge in [-0.05, 0) is 12.1 Å². The summed E-state index contributed by atoms with van der Waals surface area (Å²) in [6, 6.07) is 7.59. The minimum Gasteiger partial charge on any atom is -0.298 e. The second-order valence-electron chi connectivity index (χ2n) is 2.97. The Bertz CT molecular complexity index is 458. The van der Waals surface area contributed by atoms with Crippen LogP contribution in [0.15, 0.2) is 29.6 Å². The summed E-state index contributed by atoms with van der Waals surface area (Å²) in [7, 11) is 0. The fourth-order valence-corrected chi connectivity index (χ4v) is 2.20. The molecule has 0 amide bonds. The Morgan fingerprint density at radius 2 is 2.33 bits per heavy atom. The third-order valence-electron chi connectivity index (χ3n) is 1.85. The van der Waals surface area contributed by atoms with E-state index in [1.807, 2.05) is 29.6 Å². The Kier molecular flexibility index (Phi) is 3.33. The average Bonchev–Trinajstić information content (AvgIpc) is 2.67. The van der Waals surface area contributed by atoms with Crippen molar-refractivity contribution in [3.8, 4) is 10.6 Å². The van der Waals surface area contributed by atoms with Crippen LogP contribution in [0.25, 0.3) is 10.6 Å². The van der Waals surface area contributed by atoms with Crippen molar-refractivity contribution < 1.29 is 4.84 Å². The Balaban J connectivity index is 2.29. The third kappa shape index (κ3) is 2.54. The maximum Gasteiger partial charge on any atom is 0.123 e. The van der Waals surface area contributed by atoms with Gasteiger partial charge in [0.15, 0.2) is 0 Å². The molecule has 15 heavy (non-hydrogen) atoms. The third-order valence-corrected chi connectivity index (χ3v) is 3.03. The molecule has 2 N–H and O–H groups in total. The van der Waals surface area contributed by atoms with Crippen LogP contribution in [-0.2, 0) is 11.4 Å². The molecule has 1 aromatic carbocycles. The summed E-state index contributed by atoms with van der Waals surface area (Å²) in [5, 5.41) is 3.55. The summed E-state index contributed by atoms with van der Waals surface area (Å²) in [6.07, 6.45) is 0. The standard InChI is InChI=1S/C10H9ClN2OS/c11-8-3-1-2-7(4-8)10-13-9(5-14-12)6-15-10/h1-4,6H,5,12H2. The zero-order valence-corrected chi connectivity index (χ0v) is 9.39. The molecule has 0 saturated heterocycles. The molecule has 2 rings (SSSR count). The lowest BCUT2D eigenvalue weighted by atomic mass is 10.2. The van der Waals surface area contributed by atoms with Gasteiger partial charge in [-0.3, -0.25) is 4.84 Å². The number of nitrogens with two attached hydrogens (primary N) is 1. The molecule has 0 fully saturated rings. The van der Waals surface area contributed by atoms with Gasteiger partial charge >= 0.3 is 0 Å². The van der Waals surface area contributed by atoms with Gasteiger partial charge in [0.2, 0.25) is 0 Å². The molecular weight excluding hydrogens is 232 g/mol. The highest BCUT2D eigenvalue weighted by Crippen LogP contribution is 2.25. The van der Waals surface area contributed by atoms with Gasteiger partial charge in [0, 0.05) is 16.0 Å². The van der Waals surface area contributed by atoms with Crippen molar-refractivity contribution in [2.75, 3.05) is 0 Å². The quantitative estimate of drug-likeness (QED) is 0.840. The predicted octanol–water partition coefficient (Wildman–Crippen LogP) is 2.85. The summed E-state index contributed by atoms with van der Waals surface area (Å²) < 4.78 is 0. The van der Waals surface area contributed by atoms with Crippen LogP contribution in [0.3, 0.4) is 0 Å². The highest BCUT2D eigenvalue weighted by Gasteiger charge is 2.04. The molecule has 0 aliphatic carbocycles. The number of hydrogen-bond acceptors (Lipinski definition) is 4. The first-order valence-corrected chi connectivity index (χ1v) is 5.57. The highest BCUT2D eigenvalue weighted by molar-refractivity contribution is 7.13. The molecule has 5 heteroatoms. The molecule has 0 aliphatic heterocycles. The first-order valence-electron chi connectivity index (χ1n) is 4.31. The minimum atomic E-state index is 0.330. The lowest BCUT2D eigenvalue weighted by Gasteiger charge is -1.96. The fourth-order valence-electron chi connectivity index (χ4n) is 1.21. The number of hydrogen-bond donors (Lipinski definition) is 1. The Morgan fingerprint density at radius 1 is 1.47 bits per heavy atom. The second kappa shape index (κ2) is 4.72. The number of aromatic nitrogens is 1. The summed E-state index contributed by atoms with van der Waals surface area (Å²) in [6.45, 7) is 0.330. The predicted molar refractivity (Wildman–Crippen MR) is 61.5 cm³/mol. The number of halogens is 1. The van der Waals surface area contributed by atoms with E-state index < -0.39 is 0 Å². The van der Waals surface area contributed by atoms with Crippen LogP contribution >= 0.6 is 22.9 Å². The summed E-state index contributed by atoms with van der Waals surface area (Å²) >= 11 is 7.44. The molecule has 0 aliphatic rings. The van der Waals surface area contributed by atoms with E-state index in [1.165, 1.54) is 0 Å². The fraction of sp³-hybridized carbons (Fsp3) is 0.100. The number of rotatable bonds is 3. The van der Waals surface area contributed by atoms with Gasteiger partial charge in [0.05, 0.1) is 5.69 Å². The van der Waals surface area contributed by atoms with Crippen LogP contribution in [0.4, 0.5) is 0 Å². The van der Waals surface area contributed by atoms with Gasteiger partial charge in [0.25, 0.3) is 0 Å². The number of nitrogens with zero attached hydrogens (tertiary/aromatic N) is 1. The normalized spacial score (nSPS) is 10.5. The van der Waals surface area contributed by atoms with E-state index in [-0.39, 0.29) is 0 Å². The topological polar surface area (TPSA) is 48.1 Å². The molecular formula is C10H9ClN2OS. The number of benzene rings is 1. The molecule has 78 valence electrons. The molecule has 0 unspecified atom stereocenters. The van der Waals surface area contributed by atoms with Gasteiger partial charge in [0.1, 0.15) is 11.6 Å². The van der Waals surface area contributed by atoms with Crippen molar-refractivity contribution in [2.24, 2.45) is 5.90 Å². The summed E-state index contributed by atoms with van der Waals surface area (Å²) in [5.41, 5.74) is 1.84. The lowest BCUT2D eigenvalue weighted by Crippen LogP contribution is -1.98. The van der Waals surface area contributed by atoms with Gasteiger partial charge in [-0.15, -0.1) is 11.3 Å². The second-order valence-corrected chi connectivity index (χ2v) is 4.26. The molecule has 3 nitrogen and oxygen atoms in total. The Morgan fingerprint density at radius 3 is 3.07 bits per heavy atom. The highest BCUT2D eigenvalue weighted by atomic mass is 35.5. The van der Waals surface area contributed by atoms with Gasteiger partial charge < -0.3 is 0 Å². The van der Waals surface area contributed by atoms with E-state index in [1.54, 1.807) is 11.3 Å². The molecule has 0 saturated carbocycles. The van der Waals surface area contributed by atoms with Crippen molar-refractivity contribution in [3.63, 3.8) is 0 Å². The van der Waals surface area contributed by atoms with E-state index in [9.17, 15) is 0 Å². The van der Waals surface area contributed by atoms with Crippen molar-refractivity contribution in [3.05, 3.63) is 40.4 Å². The van der Waals surface area contributed by atoms with E-state index >= 15 is 0 Å². The molecule has 0 radical (unpaired) electrons. The maximum absolute atomic E-state index is 5.89. The van der Waals surface area contributed by atoms with Crippen molar-refractivity contribution >= 4 is 22.9 Å². The van der Waals surface area contributed by atoms with Crippen LogP contribution in [-0.4, -0.2) is 4.98 Å². The van der Waals surface area contributed by atoms with Crippen molar-refractivity contribution in [1.29, 1.82) is 0 Å². The van der Waals surface area contributed by atoms with Crippen LogP contribution in [0.1, 0.15) is 5.69 Å². The summed E-state index contributed by atoms with van der Waals surface area (Å²) in [4.78, 5) is 8.89. The van der Waals surface area contributed by atoms with Crippen LogP contribution < -0.4 is 5.90 Å². The Hall–Kier alpha value is -0.940. The smallest absolute Gasteiger partial charge is 0.123 e. The van der Waals surface area contributed by atoms with E-state index in [0.717, 1.165) is 16.3 Å². The molecule has 1 aromatic heterocycles. The van der Waals surface area contributed by atoms with E-state index in [4.69, 9.17) is 17.5 Å². The van der Waals surface area contributed by atoms with Gasteiger partial charge in [-0.1, -0.05) is 23.7 Å². The average molecular weight is 241 g/mol. The van der Waals surface area contributed by atoms with E-state index in [2.05, 4.69) is 9.82 Å². The Labute approximate surface area is 96.4 Å². The van der Waals surface area contributed by atoms with Gasteiger partial charge in [-0.2, -0.15) is 0 Å². The first kappa shape index (κ1) is 10.6. The monoisotopic (exact) mass is 240 g/mol. The van der Waals surface area contributed by atoms with Crippen LogP contribution in [0, 0.1) is 0 Å². The zero-order chi connectivity index (χ0) is 10.7. The van der Waals surface area contributed by atoms with Crippen LogP contribution in [0.5, 0.6) is 0 Å². The van der Waals surface area contributed by atoms with Crippen LogP contribution in [0.2, 0.25) is 5.02 Å². The lowest BCUT2D eigenvalue weighted by molar-refractivity contribution is 0.122. The van der Waals surface area contributed by atoms with Gasteiger partial charge in [-0.25, -0.2) is 10.9 Å². The van der Waals surface area contributed by atoms with Crippen molar-refractivity contribution in [1.82, 2.24) is 4.98 Å². The number of thiazole rings is 1. The molecule has 2 aromatic rings. The first-order chi connectivity index (χ1) is 7.29. The molecule has 0 bridgehead atoms.